The van der Waals surface area contributed by atoms with Crippen molar-refractivity contribution in [1.82, 2.24) is 20.1 Å². The third-order valence-corrected chi connectivity index (χ3v) is 5.22. The lowest BCUT2D eigenvalue weighted by Gasteiger charge is -2.08. The molecule has 0 atom stereocenters. The lowest BCUT2D eigenvalue weighted by Crippen LogP contribution is -2.29. The molecule has 1 heterocycles. The number of para-hydroxylation sites is 2. The molecule has 0 saturated heterocycles. The van der Waals surface area contributed by atoms with Crippen LogP contribution in [0.15, 0.2) is 59.8 Å². The third-order valence-electron chi connectivity index (χ3n) is 3.89. The summed E-state index contributed by atoms with van der Waals surface area (Å²) in [4.78, 5) is 12.0. The van der Waals surface area contributed by atoms with E-state index >= 15 is 0 Å². The number of rotatable bonds is 10. The monoisotopic (exact) mass is 432 g/mol. The fourth-order valence-corrected chi connectivity index (χ4v) is 3.31. The van der Waals surface area contributed by atoms with Gasteiger partial charge in [-0.1, -0.05) is 53.7 Å². The SMILES string of the molecule is Cn1c(COc2ccccc2Cl)nnc1SCC(=O)NCCOc1ccccc1. The highest BCUT2D eigenvalue weighted by molar-refractivity contribution is 7.99. The van der Waals surface area contributed by atoms with E-state index in [1.807, 2.05) is 49.5 Å². The van der Waals surface area contributed by atoms with Crippen molar-refractivity contribution in [2.75, 3.05) is 18.9 Å². The topological polar surface area (TPSA) is 78.3 Å². The predicted octanol–water partition coefficient (Wildman–Crippen LogP) is 3.33. The van der Waals surface area contributed by atoms with Crippen molar-refractivity contribution in [2.45, 2.75) is 11.8 Å². The Morgan fingerprint density at radius 1 is 1.10 bits per heavy atom. The number of halogens is 1. The van der Waals surface area contributed by atoms with E-state index in [4.69, 9.17) is 21.1 Å². The van der Waals surface area contributed by atoms with Gasteiger partial charge in [-0.15, -0.1) is 10.2 Å². The number of hydrogen-bond acceptors (Lipinski definition) is 6. The number of benzene rings is 2. The summed E-state index contributed by atoms with van der Waals surface area (Å²) in [6.07, 6.45) is 0. The Kier molecular flexibility index (Phi) is 7.77. The molecule has 152 valence electrons. The van der Waals surface area contributed by atoms with Gasteiger partial charge < -0.3 is 19.4 Å². The van der Waals surface area contributed by atoms with Gasteiger partial charge in [-0.3, -0.25) is 4.79 Å². The highest BCUT2D eigenvalue weighted by atomic mass is 35.5. The van der Waals surface area contributed by atoms with Gasteiger partial charge in [-0.25, -0.2) is 0 Å². The summed E-state index contributed by atoms with van der Waals surface area (Å²) in [6, 6.07) is 16.7. The van der Waals surface area contributed by atoms with Gasteiger partial charge in [0.15, 0.2) is 11.0 Å². The first kappa shape index (κ1) is 21.0. The Labute approximate surface area is 178 Å². The van der Waals surface area contributed by atoms with E-state index in [2.05, 4.69) is 15.5 Å². The van der Waals surface area contributed by atoms with Crippen molar-refractivity contribution in [3.63, 3.8) is 0 Å². The van der Waals surface area contributed by atoms with Gasteiger partial charge in [0.1, 0.15) is 24.7 Å². The van der Waals surface area contributed by atoms with Crippen LogP contribution in [-0.2, 0) is 18.4 Å². The van der Waals surface area contributed by atoms with Crippen molar-refractivity contribution in [1.29, 1.82) is 0 Å². The maximum Gasteiger partial charge on any atom is 0.230 e. The van der Waals surface area contributed by atoms with E-state index in [0.29, 0.717) is 34.9 Å². The van der Waals surface area contributed by atoms with Crippen molar-refractivity contribution in [3.05, 3.63) is 65.4 Å². The number of ether oxygens (including phenoxy) is 2. The predicted molar refractivity (Wildman–Crippen MR) is 112 cm³/mol. The molecule has 9 heteroatoms. The summed E-state index contributed by atoms with van der Waals surface area (Å²) >= 11 is 7.39. The second-order valence-electron chi connectivity index (χ2n) is 5.98. The van der Waals surface area contributed by atoms with Gasteiger partial charge in [0.2, 0.25) is 5.91 Å². The van der Waals surface area contributed by atoms with Crippen LogP contribution in [0.5, 0.6) is 11.5 Å². The minimum Gasteiger partial charge on any atom is -0.492 e. The molecule has 3 rings (SSSR count). The van der Waals surface area contributed by atoms with E-state index < -0.39 is 0 Å². The zero-order chi connectivity index (χ0) is 20.5. The Bertz CT molecular complexity index is 936. The zero-order valence-corrected chi connectivity index (χ0v) is 17.4. The quantitative estimate of drug-likeness (QED) is 0.391. The highest BCUT2D eigenvalue weighted by Crippen LogP contribution is 2.24. The standard InChI is InChI=1S/C20H21ClN4O3S/c1-25-18(13-28-17-10-6-5-9-16(17)21)23-24-20(25)29-14-19(26)22-11-12-27-15-7-3-2-4-8-15/h2-10H,11-14H2,1H3,(H,22,26). The minimum atomic E-state index is -0.0940. The molecule has 0 unspecified atom stereocenters. The Hall–Kier alpha value is -2.71. The normalized spacial score (nSPS) is 10.6. The molecule has 0 bridgehead atoms. The first-order valence-corrected chi connectivity index (χ1v) is 10.3. The van der Waals surface area contributed by atoms with E-state index in [-0.39, 0.29) is 18.3 Å². The number of thioether (sulfide) groups is 1. The lowest BCUT2D eigenvalue weighted by atomic mass is 10.3. The molecule has 29 heavy (non-hydrogen) atoms. The molecule has 1 aromatic heterocycles. The summed E-state index contributed by atoms with van der Waals surface area (Å²) in [5.41, 5.74) is 0. The molecule has 0 aliphatic heterocycles. The Morgan fingerprint density at radius 3 is 2.66 bits per heavy atom. The zero-order valence-electron chi connectivity index (χ0n) is 15.9. The van der Waals surface area contributed by atoms with Gasteiger partial charge in [0.05, 0.1) is 17.3 Å². The molecule has 0 aliphatic carbocycles. The average Bonchev–Trinajstić information content (AvgIpc) is 3.09. The summed E-state index contributed by atoms with van der Waals surface area (Å²) < 4.78 is 13.0. The number of hydrogen-bond donors (Lipinski definition) is 1. The maximum absolute atomic E-state index is 12.0. The highest BCUT2D eigenvalue weighted by Gasteiger charge is 2.12. The molecule has 2 aromatic carbocycles. The van der Waals surface area contributed by atoms with E-state index in [9.17, 15) is 4.79 Å². The second kappa shape index (κ2) is 10.7. The number of aromatic nitrogens is 3. The van der Waals surface area contributed by atoms with E-state index in [1.165, 1.54) is 11.8 Å². The largest absolute Gasteiger partial charge is 0.492 e. The smallest absolute Gasteiger partial charge is 0.230 e. The van der Waals surface area contributed by atoms with Crippen LogP contribution in [0.1, 0.15) is 5.82 Å². The fourth-order valence-electron chi connectivity index (χ4n) is 2.36. The number of carbonyl (C=O) groups excluding carboxylic acids is 1. The summed E-state index contributed by atoms with van der Waals surface area (Å²) in [5.74, 6) is 2.15. The first-order valence-electron chi connectivity index (χ1n) is 8.96. The molecule has 0 saturated carbocycles. The van der Waals surface area contributed by atoms with Crippen LogP contribution in [0.2, 0.25) is 5.02 Å². The van der Waals surface area contributed by atoms with Gasteiger partial charge in [0.25, 0.3) is 0 Å². The van der Waals surface area contributed by atoms with Gasteiger partial charge in [0, 0.05) is 7.05 Å². The maximum atomic E-state index is 12.0. The van der Waals surface area contributed by atoms with Crippen LogP contribution in [0.25, 0.3) is 0 Å². The molecule has 7 nitrogen and oxygen atoms in total. The van der Waals surface area contributed by atoms with Crippen LogP contribution in [0.3, 0.4) is 0 Å². The molecule has 3 aromatic rings. The molecular formula is C20H21ClN4O3S. The lowest BCUT2D eigenvalue weighted by molar-refractivity contribution is -0.118. The van der Waals surface area contributed by atoms with Gasteiger partial charge in [-0.2, -0.15) is 0 Å². The molecule has 1 N–H and O–H groups in total. The van der Waals surface area contributed by atoms with Crippen molar-refractivity contribution < 1.29 is 14.3 Å². The summed E-state index contributed by atoms with van der Waals surface area (Å²) in [7, 11) is 1.83. The van der Waals surface area contributed by atoms with Gasteiger partial charge in [-0.05, 0) is 24.3 Å². The summed E-state index contributed by atoms with van der Waals surface area (Å²) in [6.45, 7) is 1.08. The van der Waals surface area contributed by atoms with Crippen LogP contribution in [-0.4, -0.2) is 39.6 Å². The Balaban J connectivity index is 1.39. The number of carbonyl (C=O) groups is 1. The first-order chi connectivity index (χ1) is 14.1. The van der Waals surface area contributed by atoms with Gasteiger partial charge >= 0.3 is 0 Å². The van der Waals surface area contributed by atoms with Crippen molar-refractivity contribution >= 4 is 29.3 Å². The molecule has 0 radical (unpaired) electrons. The van der Waals surface area contributed by atoms with Crippen molar-refractivity contribution in [2.24, 2.45) is 7.05 Å². The average molecular weight is 433 g/mol. The van der Waals surface area contributed by atoms with E-state index in [0.717, 1.165) is 5.75 Å². The van der Waals surface area contributed by atoms with Crippen LogP contribution < -0.4 is 14.8 Å². The van der Waals surface area contributed by atoms with E-state index in [1.54, 1.807) is 16.7 Å². The molecule has 1 amide bonds. The molecule has 0 fully saturated rings. The molecular weight excluding hydrogens is 412 g/mol. The van der Waals surface area contributed by atoms with Crippen LogP contribution in [0.4, 0.5) is 0 Å². The fraction of sp³-hybridized carbons (Fsp3) is 0.250. The molecule has 0 spiro atoms. The molecule has 0 aliphatic rings. The van der Waals surface area contributed by atoms with Crippen LogP contribution in [0, 0.1) is 0 Å². The second-order valence-corrected chi connectivity index (χ2v) is 7.33. The third kappa shape index (κ3) is 6.40. The Morgan fingerprint density at radius 2 is 1.86 bits per heavy atom. The van der Waals surface area contributed by atoms with Crippen LogP contribution >= 0.6 is 23.4 Å². The minimum absolute atomic E-state index is 0.0940. The number of nitrogens with one attached hydrogen (secondary N) is 1. The number of amides is 1. The van der Waals surface area contributed by atoms with Crippen molar-refractivity contribution in [3.8, 4) is 11.5 Å². The summed E-state index contributed by atoms with van der Waals surface area (Å²) in [5, 5.41) is 12.2. The number of nitrogens with zero attached hydrogens (tertiary/aromatic N) is 3.